The molecule has 0 saturated heterocycles. The van der Waals surface area contributed by atoms with E-state index in [9.17, 15) is 4.79 Å². The lowest BCUT2D eigenvalue weighted by atomic mass is 9.92. The van der Waals surface area contributed by atoms with Crippen LogP contribution in [0.5, 0.6) is 0 Å². The Morgan fingerprint density at radius 3 is 2.11 bits per heavy atom. The fourth-order valence-electron chi connectivity index (χ4n) is 4.01. The second-order valence-electron chi connectivity index (χ2n) is 7.59. The van der Waals surface area contributed by atoms with Crippen molar-refractivity contribution in [3.05, 3.63) is 90.0 Å². The molecule has 0 N–H and O–H groups in total. The first-order valence-corrected chi connectivity index (χ1v) is 10.4. The lowest BCUT2D eigenvalue weighted by molar-refractivity contribution is 0.109. The van der Waals surface area contributed by atoms with Gasteiger partial charge in [-0.1, -0.05) is 74.5 Å². The molecule has 0 aliphatic carbocycles. The standard InChI is InChI=1S/C26H20OS/c1-16(2)17-11-13-21(14-12-17)28-26(27)23-15-20-7-3-5-18-9-10-19-6-4-8-22(23)25(19)24(18)20/h3-16H,1-2H3. The number of thioether (sulfide) groups is 1. The molecule has 0 saturated carbocycles. The molecule has 5 aromatic rings. The molecule has 1 nitrogen and oxygen atoms in total. The van der Waals surface area contributed by atoms with Crippen molar-refractivity contribution < 1.29 is 4.79 Å². The molecule has 0 fully saturated rings. The Labute approximate surface area is 168 Å². The number of hydrogen-bond donors (Lipinski definition) is 0. The van der Waals surface area contributed by atoms with Crippen LogP contribution >= 0.6 is 11.8 Å². The minimum atomic E-state index is 0.0938. The van der Waals surface area contributed by atoms with Gasteiger partial charge >= 0.3 is 0 Å². The van der Waals surface area contributed by atoms with Gasteiger partial charge in [0.25, 0.3) is 0 Å². The number of benzene rings is 5. The molecule has 0 aromatic heterocycles. The second-order valence-corrected chi connectivity index (χ2v) is 8.63. The molecule has 0 amide bonds. The van der Waals surface area contributed by atoms with Gasteiger partial charge in [-0.2, -0.15) is 0 Å². The number of rotatable bonds is 3. The summed E-state index contributed by atoms with van der Waals surface area (Å²) in [5, 5.41) is 7.10. The van der Waals surface area contributed by atoms with Gasteiger partial charge in [-0.15, -0.1) is 0 Å². The molecule has 28 heavy (non-hydrogen) atoms. The van der Waals surface area contributed by atoms with Crippen molar-refractivity contribution in [2.24, 2.45) is 0 Å². The summed E-state index contributed by atoms with van der Waals surface area (Å²) >= 11 is 1.31. The smallest absolute Gasteiger partial charge is 0.224 e. The van der Waals surface area contributed by atoms with Crippen LogP contribution in [0.15, 0.2) is 83.8 Å². The van der Waals surface area contributed by atoms with Crippen LogP contribution in [0, 0.1) is 0 Å². The predicted octanol–water partition coefficient (Wildman–Crippen LogP) is 7.64. The average Bonchev–Trinajstić information content (AvgIpc) is 2.72. The molecule has 5 rings (SSSR count). The SMILES string of the molecule is CC(C)c1ccc(SC(=O)c2cc3cccc4ccc5cccc2c5c43)cc1. The number of hydrogen-bond acceptors (Lipinski definition) is 2. The van der Waals surface area contributed by atoms with E-state index in [4.69, 9.17) is 0 Å². The summed E-state index contributed by atoms with van der Waals surface area (Å²) in [6.45, 7) is 4.36. The summed E-state index contributed by atoms with van der Waals surface area (Å²) in [5.41, 5.74) is 2.08. The molecular formula is C26H20OS. The third kappa shape index (κ3) is 2.76. The first-order valence-electron chi connectivity index (χ1n) is 9.60. The first kappa shape index (κ1) is 17.3. The first-order chi connectivity index (χ1) is 13.6. The summed E-state index contributed by atoms with van der Waals surface area (Å²) in [6.07, 6.45) is 0. The van der Waals surface area contributed by atoms with Crippen molar-refractivity contribution in [1.82, 2.24) is 0 Å². The summed E-state index contributed by atoms with van der Waals surface area (Å²) in [5.74, 6) is 0.491. The molecule has 0 heterocycles. The van der Waals surface area contributed by atoms with Crippen molar-refractivity contribution in [2.75, 3.05) is 0 Å². The van der Waals surface area contributed by atoms with Crippen LogP contribution < -0.4 is 0 Å². The van der Waals surface area contributed by atoms with Gasteiger partial charge in [0, 0.05) is 10.5 Å². The Morgan fingerprint density at radius 1 is 0.750 bits per heavy atom. The van der Waals surface area contributed by atoms with Gasteiger partial charge in [0.2, 0.25) is 5.12 Å². The van der Waals surface area contributed by atoms with Crippen molar-refractivity contribution in [3.8, 4) is 0 Å². The van der Waals surface area contributed by atoms with Crippen molar-refractivity contribution in [1.29, 1.82) is 0 Å². The van der Waals surface area contributed by atoms with E-state index < -0.39 is 0 Å². The third-order valence-corrected chi connectivity index (χ3v) is 6.40. The molecule has 0 aliphatic rings. The van der Waals surface area contributed by atoms with Gasteiger partial charge in [-0.3, -0.25) is 4.79 Å². The van der Waals surface area contributed by atoms with Crippen molar-refractivity contribution in [3.63, 3.8) is 0 Å². The van der Waals surface area contributed by atoms with Crippen LogP contribution in [-0.4, -0.2) is 5.12 Å². The van der Waals surface area contributed by atoms with Gasteiger partial charge in [0.15, 0.2) is 0 Å². The van der Waals surface area contributed by atoms with Crippen LogP contribution in [0.25, 0.3) is 32.3 Å². The predicted molar refractivity (Wildman–Crippen MR) is 121 cm³/mol. The highest BCUT2D eigenvalue weighted by atomic mass is 32.2. The lowest BCUT2D eigenvalue weighted by Crippen LogP contribution is -1.97. The van der Waals surface area contributed by atoms with Crippen LogP contribution in [0.1, 0.15) is 35.7 Å². The quantitative estimate of drug-likeness (QED) is 0.236. The Morgan fingerprint density at radius 2 is 1.39 bits per heavy atom. The summed E-state index contributed by atoms with van der Waals surface area (Å²) in [4.78, 5) is 14.2. The minimum Gasteiger partial charge on any atom is -0.281 e. The monoisotopic (exact) mass is 380 g/mol. The van der Waals surface area contributed by atoms with Crippen LogP contribution in [0.2, 0.25) is 0 Å². The number of carbonyl (C=O) groups is 1. The maximum atomic E-state index is 13.2. The number of carbonyl (C=O) groups excluding carboxylic acids is 1. The molecule has 0 bridgehead atoms. The fourth-order valence-corrected chi connectivity index (χ4v) is 4.78. The molecule has 0 spiro atoms. The Kier molecular flexibility index (Phi) is 4.10. The molecule has 2 heteroatoms. The zero-order valence-electron chi connectivity index (χ0n) is 15.9. The van der Waals surface area contributed by atoms with Gasteiger partial charge in [0.05, 0.1) is 0 Å². The van der Waals surface area contributed by atoms with E-state index >= 15 is 0 Å². The highest BCUT2D eigenvalue weighted by molar-refractivity contribution is 8.14. The molecule has 0 radical (unpaired) electrons. The minimum absolute atomic E-state index is 0.0938. The Bertz CT molecular complexity index is 1320. The van der Waals surface area contributed by atoms with E-state index in [0.717, 1.165) is 21.2 Å². The maximum Gasteiger partial charge on any atom is 0.224 e. The van der Waals surface area contributed by atoms with Crippen LogP contribution in [-0.2, 0) is 0 Å². The van der Waals surface area contributed by atoms with Gasteiger partial charge in [-0.05, 0) is 73.8 Å². The molecule has 0 atom stereocenters. The summed E-state index contributed by atoms with van der Waals surface area (Å²) in [7, 11) is 0. The highest BCUT2D eigenvalue weighted by Crippen LogP contribution is 2.38. The largest absolute Gasteiger partial charge is 0.281 e. The van der Waals surface area contributed by atoms with E-state index in [1.807, 2.05) is 6.07 Å². The zero-order valence-corrected chi connectivity index (χ0v) is 16.7. The summed E-state index contributed by atoms with van der Waals surface area (Å²) < 4.78 is 0. The van der Waals surface area contributed by atoms with E-state index in [1.165, 1.54) is 38.9 Å². The van der Waals surface area contributed by atoms with Crippen molar-refractivity contribution >= 4 is 49.2 Å². The second kappa shape index (κ2) is 6.65. The maximum absolute atomic E-state index is 13.2. The summed E-state index contributed by atoms with van der Waals surface area (Å²) in [6, 6.07) is 27.3. The van der Waals surface area contributed by atoms with E-state index in [2.05, 4.69) is 86.6 Å². The van der Waals surface area contributed by atoms with Crippen LogP contribution in [0.4, 0.5) is 0 Å². The van der Waals surface area contributed by atoms with Crippen molar-refractivity contribution in [2.45, 2.75) is 24.7 Å². The molecule has 5 aromatic carbocycles. The van der Waals surface area contributed by atoms with E-state index in [1.54, 1.807) is 0 Å². The molecule has 0 unspecified atom stereocenters. The van der Waals surface area contributed by atoms with Crippen LogP contribution in [0.3, 0.4) is 0 Å². The Balaban J connectivity index is 1.64. The van der Waals surface area contributed by atoms with Gasteiger partial charge < -0.3 is 0 Å². The highest BCUT2D eigenvalue weighted by Gasteiger charge is 2.17. The lowest BCUT2D eigenvalue weighted by Gasteiger charge is -2.14. The Hall–Kier alpha value is -2.84. The molecule has 136 valence electrons. The third-order valence-electron chi connectivity index (χ3n) is 5.49. The molecule has 0 aliphatic heterocycles. The van der Waals surface area contributed by atoms with E-state index in [0.29, 0.717) is 5.92 Å². The topological polar surface area (TPSA) is 17.1 Å². The fraction of sp³-hybridized carbons (Fsp3) is 0.115. The van der Waals surface area contributed by atoms with Gasteiger partial charge in [-0.25, -0.2) is 0 Å². The van der Waals surface area contributed by atoms with Gasteiger partial charge in [0.1, 0.15) is 0 Å². The van der Waals surface area contributed by atoms with E-state index in [-0.39, 0.29) is 5.12 Å². The normalized spacial score (nSPS) is 11.8. The zero-order chi connectivity index (χ0) is 19.3. The average molecular weight is 381 g/mol. The molecular weight excluding hydrogens is 360 g/mol.